The Morgan fingerprint density at radius 2 is 1.75 bits per heavy atom. The number of aromatic amines is 1. The molecule has 0 aliphatic carbocycles. The molecule has 0 atom stereocenters. The van der Waals surface area contributed by atoms with Gasteiger partial charge in [-0.1, -0.05) is 30.3 Å². The number of carboxylic acids is 1. The highest BCUT2D eigenvalue weighted by Gasteiger charge is 2.22. The number of H-pyrrole nitrogens is 1. The van der Waals surface area contributed by atoms with Crippen LogP contribution in [0.3, 0.4) is 0 Å². The van der Waals surface area contributed by atoms with Crippen molar-refractivity contribution in [2.45, 2.75) is 4.90 Å². The molecule has 0 saturated heterocycles. The highest BCUT2D eigenvalue weighted by Crippen LogP contribution is 2.37. The number of aromatic carboxylic acids is 1. The molecule has 0 aliphatic rings. The smallest absolute Gasteiger partial charge is 0.336 e. The largest absolute Gasteiger partial charge is 0.478 e. The summed E-state index contributed by atoms with van der Waals surface area (Å²) in [5, 5.41) is 16.3. The van der Waals surface area contributed by atoms with Gasteiger partial charge in [0.15, 0.2) is 9.84 Å². The number of nitrogens with one attached hydrogen (secondary N) is 1. The summed E-state index contributed by atoms with van der Waals surface area (Å²) in [4.78, 5) is 11.8. The number of carboxylic acid groups (broad SMARTS) is 1. The van der Waals surface area contributed by atoms with E-state index in [1.165, 1.54) is 12.1 Å². The zero-order valence-electron chi connectivity index (χ0n) is 12.7. The van der Waals surface area contributed by atoms with Gasteiger partial charge < -0.3 is 5.11 Å². The zero-order chi connectivity index (χ0) is 17.3. The first-order chi connectivity index (χ1) is 11.4. The van der Waals surface area contributed by atoms with Gasteiger partial charge in [0.25, 0.3) is 0 Å². The van der Waals surface area contributed by atoms with Gasteiger partial charge in [-0.2, -0.15) is 5.10 Å². The number of benzene rings is 2. The van der Waals surface area contributed by atoms with Crippen LogP contribution in [0.5, 0.6) is 0 Å². The molecule has 0 amide bonds. The van der Waals surface area contributed by atoms with Crippen molar-refractivity contribution in [2.24, 2.45) is 0 Å². The summed E-state index contributed by atoms with van der Waals surface area (Å²) in [5.74, 6) is -1.13. The third kappa shape index (κ3) is 2.81. The molecule has 6 nitrogen and oxygen atoms in total. The van der Waals surface area contributed by atoms with Crippen LogP contribution in [0.15, 0.2) is 59.6 Å². The number of nitrogens with zero attached hydrogens (tertiary/aromatic N) is 1. The minimum Gasteiger partial charge on any atom is -0.478 e. The van der Waals surface area contributed by atoms with E-state index in [0.29, 0.717) is 22.4 Å². The number of aromatic nitrogens is 2. The maximum Gasteiger partial charge on any atom is 0.336 e. The maximum absolute atomic E-state index is 12.1. The average molecular weight is 342 g/mol. The molecule has 122 valence electrons. The van der Waals surface area contributed by atoms with Crippen LogP contribution >= 0.6 is 0 Å². The molecule has 2 aromatic carbocycles. The molecule has 7 heteroatoms. The van der Waals surface area contributed by atoms with Crippen LogP contribution in [0.2, 0.25) is 0 Å². The van der Waals surface area contributed by atoms with E-state index < -0.39 is 15.8 Å². The predicted octanol–water partition coefficient (Wildman–Crippen LogP) is 2.85. The van der Waals surface area contributed by atoms with E-state index in [1.807, 2.05) is 0 Å². The van der Waals surface area contributed by atoms with Gasteiger partial charge in [-0.15, -0.1) is 0 Å². The molecule has 3 aromatic rings. The van der Waals surface area contributed by atoms with Crippen LogP contribution in [0.25, 0.3) is 22.4 Å². The SMILES string of the molecule is CS(=O)(=O)c1ccccc1-c1c(C(=O)O)cccc1-c1ccn[nH]1. The van der Waals surface area contributed by atoms with Gasteiger partial charge in [-0.3, -0.25) is 5.10 Å². The summed E-state index contributed by atoms with van der Waals surface area (Å²) in [6, 6.07) is 12.9. The molecule has 0 spiro atoms. The molecule has 0 radical (unpaired) electrons. The standard InChI is InChI=1S/C17H14N2O4S/c1-24(22,23)15-8-3-2-5-12(15)16-11(14-9-10-18-19-14)6-4-7-13(16)17(20)21/h2-10H,1H3,(H,18,19)(H,20,21). The van der Waals surface area contributed by atoms with Gasteiger partial charge in [0.2, 0.25) is 0 Å². The molecular weight excluding hydrogens is 328 g/mol. The fourth-order valence-corrected chi connectivity index (χ4v) is 3.54. The minimum atomic E-state index is -3.53. The predicted molar refractivity (Wildman–Crippen MR) is 89.5 cm³/mol. The highest BCUT2D eigenvalue weighted by atomic mass is 32.2. The van der Waals surface area contributed by atoms with Crippen molar-refractivity contribution in [2.75, 3.05) is 6.26 Å². The van der Waals surface area contributed by atoms with E-state index in [9.17, 15) is 18.3 Å². The fraction of sp³-hybridized carbons (Fsp3) is 0.0588. The Balaban J connectivity index is 2.43. The summed E-state index contributed by atoms with van der Waals surface area (Å²) in [6.45, 7) is 0. The lowest BCUT2D eigenvalue weighted by Crippen LogP contribution is -2.05. The maximum atomic E-state index is 12.1. The molecule has 1 heterocycles. The molecule has 24 heavy (non-hydrogen) atoms. The molecule has 0 unspecified atom stereocenters. The second kappa shape index (κ2) is 5.93. The lowest BCUT2D eigenvalue weighted by molar-refractivity contribution is 0.0697. The number of hydrogen-bond acceptors (Lipinski definition) is 4. The van der Waals surface area contributed by atoms with Crippen LogP contribution in [0.4, 0.5) is 0 Å². The van der Waals surface area contributed by atoms with Crippen LogP contribution in [-0.4, -0.2) is 35.9 Å². The van der Waals surface area contributed by atoms with E-state index in [4.69, 9.17) is 0 Å². The first-order valence-electron chi connectivity index (χ1n) is 7.05. The minimum absolute atomic E-state index is 0.0261. The molecule has 0 aliphatic heterocycles. The van der Waals surface area contributed by atoms with E-state index >= 15 is 0 Å². The third-order valence-electron chi connectivity index (χ3n) is 3.64. The van der Waals surface area contributed by atoms with Crippen molar-refractivity contribution in [3.05, 3.63) is 60.3 Å². The summed E-state index contributed by atoms with van der Waals surface area (Å²) < 4.78 is 24.3. The Kier molecular flexibility index (Phi) is 3.94. The molecule has 0 bridgehead atoms. The van der Waals surface area contributed by atoms with Crippen molar-refractivity contribution in [3.8, 4) is 22.4 Å². The van der Waals surface area contributed by atoms with Crippen LogP contribution in [0, 0.1) is 0 Å². The quantitative estimate of drug-likeness (QED) is 0.759. The second-order valence-electron chi connectivity index (χ2n) is 5.27. The Hall–Kier alpha value is -2.93. The monoisotopic (exact) mass is 342 g/mol. The Bertz CT molecular complexity index is 1010. The molecule has 0 fully saturated rings. The van der Waals surface area contributed by atoms with Crippen LogP contribution < -0.4 is 0 Å². The second-order valence-corrected chi connectivity index (χ2v) is 7.26. The van der Waals surface area contributed by atoms with Gasteiger partial charge in [0.1, 0.15) is 0 Å². The number of sulfone groups is 1. The lowest BCUT2D eigenvalue weighted by Gasteiger charge is -2.15. The molecule has 3 rings (SSSR count). The van der Waals surface area contributed by atoms with Crippen molar-refractivity contribution in [3.63, 3.8) is 0 Å². The zero-order valence-corrected chi connectivity index (χ0v) is 13.5. The fourth-order valence-electron chi connectivity index (χ4n) is 2.65. The van der Waals surface area contributed by atoms with E-state index in [1.54, 1.807) is 42.6 Å². The first kappa shape index (κ1) is 15.9. The summed E-state index contributed by atoms with van der Waals surface area (Å²) >= 11 is 0. The van der Waals surface area contributed by atoms with Crippen molar-refractivity contribution >= 4 is 15.8 Å². The molecule has 1 aromatic heterocycles. The van der Waals surface area contributed by atoms with E-state index in [0.717, 1.165) is 6.26 Å². The van der Waals surface area contributed by atoms with Crippen molar-refractivity contribution in [1.82, 2.24) is 10.2 Å². The van der Waals surface area contributed by atoms with E-state index in [2.05, 4.69) is 10.2 Å². The summed E-state index contributed by atoms with van der Waals surface area (Å²) in [7, 11) is -3.53. The normalized spacial score (nSPS) is 11.4. The molecule has 2 N–H and O–H groups in total. The van der Waals surface area contributed by atoms with Gasteiger partial charge in [0.05, 0.1) is 16.2 Å². The molecular formula is C17H14N2O4S. The Morgan fingerprint density at radius 1 is 1.04 bits per heavy atom. The van der Waals surface area contributed by atoms with Gasteiger partial charge in [-0.05, 0) is 18.2 Å². The van der Waals surface area contributed by atoms with Gasteiger partial charge in [0, 0.05) is 29.1 Å². The van der Waals surface area contributed by atoms with Crippen molar-refractivity contribution < 1.29 is 18.3 Å². The summed E-state index contributed by atoms with van der Waals surface area (Å²) in [6.07, 6.45) is 2.65. The van der Waals surface area contributed by atoms with Crippen molar-refractivity contribution in [1.29, 1.82) is 0 Å². The first-order valence-corrected chi connectivity index (χ1v) is 8.94. The number of rotatable bonds is 4. The molecule has 0 saturated carbocycles. The number of hydrogen-bond donors (Lipinski definition) is 2. The Morgan fingerprint density at radius 3 is 2.38 bits per heavy atom. The lowest BCUT2D eigenvalue weighted by atomic mass is 9.92. The topological polar surface area (TPSA) is 100 Å². The number of carbonyl (C=O) groups is 1. The summed E-state index contributed by atoms with van der Waals surface area (Å²) in [5.41, 5.74) is 1.90. The van der Waals surface area contributed by atoms with Crippen LogP contribution in [0.1, 0.15) is 10.4 Å². The highest BCUT2D eigenvalue weighted by molar-refractivity contribution is 7.90. The van der Waals surface area contributed by atoms with Crippen LogP contribution in [-0.2, 0) is 9.84 Å². The van der Waals surface area contributed by atoms with Gasteiger partial charge >= 0.3 is 5.97 Å². The Labute approximate surface area is 138 Å². The van der Waals surface area contributed by atoms with E-state index in [-0.39, 0.29) is 10.5 Å². The average Bonchev–Trinajstić information content (AvgIpc) is 3.07. The third-order valence-corrected chi connectivity index (χ3v) is 4.80. The van der Waals surface area contributed by atoms with Gasteiger partial charge in [-0.25, -0.2) is 13.2 Å².